The molecular formula is C15H22N2O2. The Morgan fingerprint density at radius 3 is 2.68 bits per heavy atom. The zero-order valence-electron chi connectivity index (χ0n) is 11.7. The molecule has 0 aromatic carbocycles. The van der Waals surface area contributed by atoms with Gasteiger partial charge in [-0.15, -0.1) is 6.58 Å². The first-order valence-corrected chi connectivity index (χ1v) is 6.40. The van der Waals surface area contributed by atoms with Crippen molar-refractivity contribution in [3.63, 3.8) is 0 Å². The van der Waals surface area contributed by atoms with Crippen LogP contribution in [0.1, 0.15) is 26.2 Å². The minimum atomic E-state index is -0.983. The second kappa shape index (κ2) is 7.81. The fourth-order valence-electron chi connectivity index (χ4n) is 1.66. The van der Waals surface area contributed by atoms with Crippen LogP contribution in [0.4, 0.5) is 0 Å². The van der Waals surface area contributed by atoms with Crippen molar-refractivity contribution < 1.29 is 9.84 Å². The lowest BCUT2D eigenvalue weighted by atomic mass is 10.1. The van der Waals surface area contributed by atoms with E-state index in [0.717, 1.165) is 5.70 Å². The molecule has 0 heterocycles. The summed E-state index contributed by atoms with van der Waals surface area (Å²) in [5.74, 6) is 0.528. The van der Waals surface area contributed by atoms with Gasteiger partial charge in [0.2, 0.25) is 0 Å². The Kier molecular flexibility index (Phi) is 6.39. The summed E-state index contributed by atoms with van der Waals surface area (Å²) < 4.78 is 4.92. The number of aliphatic imine (C=N–C) groups is 2. The van der Waals surface area contributed by atoms with Gasteiger partial charge in [0.25, 0.3) is 0 Å². The van der Waals surface area contributed by atoms with Crippen molar-refractivity contribution in [3.8, 4) is 0 Å². The van der Waals surface area contributed by atoms with E-state index in [9.17, 15) is 5.11 Å². The Bertz CT molecular complexity index is 418. The van der Waals surface area contributed by atoms with Gasteiger partial charge in [-0.2, -0.15) is 0 Å². The number of nitrogens with zero attached hydrogens (tertiary/aromatic N) is 2. The van der Waals surface area contributed by atoms with Crippen LogP contribution in [0, 0.1) is 5.92 Å². The second-order valence-corrected chi connectivity index (χ2v) is 4.41. The molecule has 1 aliphatic rings. The molecule has 1 unspecified atom stereocenters. The first kappa shape index (κ1) is 15.5. The Morgan fingerprint density at radius 2 is 2.21 bits per heavy atom. The number of ether oxygens (including phenoxy) is 1. The molecule has 19 heavy (non-hydrogen) atoms. The van der Waals surface area contributed by atoms with E-state index < -0.39 is 6.29 Å². The highest BCUT2D eigenvalue weighted by Gasteiger charge is 2.23. The minimum Gasteiger partial charge on any atom is -0.364 e. The number of hydrogen-bond acceptors (Lipinski definition) is 3. The number of aliphatic hydroxyl groups is 1. The molecule has 104 valence electrons. The van der Waals surface area contributed by atoms with E-state index in [1.807, 2.05) is 6.92 Å². The maximum atomic E-state index is 9.75. The normalized spacial score (nSPS) is 18.7. The molecule has 0 spiro atoms. The Hall–Kier alpha value is -1.52. The molecular weight excluding hydrogens is 240 g/mol. The highest BCUT2D eigenvalue weighted by Crippen LogP contribution is 2.35. The van der Waals surface area contributed by atoms with Crippen molar-refractivity contribution in [2.75, 3.05) is 7.11 Å². The quantitative estimate of drug-likeness (QED) is 0.316. The van der Waals surface area contributed by atoms with Gasteiger partial charge in [0, 0.05) is 30.7 Å². The predicted molar refractivity (Wildman–Crippen MR) is 79.4 cm³/mol. The van der Waals surface area contributed by atoms with Gasteiger partial charge >= 0.3 is 0 Å². The molecule has 0 bridgehead atoms. The monoisotopic (exact) mass is 262 g/mol. The van der Waals surface area contributed by atoms with Crippen LogP contribution in [0.3, 0.4) is 0 Å². The van der Waals surface area contributed by atoms with Crippen LogP contribution in [-0.2, 0) is 4.74 Å². The van der Waals surface area contributed by atoms with Crippen molar-refractivity contribution in [1.29, 1.82) is 0 Å². The predicted octanol–water partition coefficient (Wildman–Crippen LogP) is 2.87. The molecule has 0 aromatic rings. The number of allylic oxidation sites excluding steroid dienone is 3. The van der Waals surface area contributed by atoms with E-state index in [1.165, 1.54) is 26.3 Å². The SMILES string of the molecule is C=CCC(=N\C=N/C(=C)C1CC1)/C(=C\C)C(O)OC. The van der Waals surface area contributed by atoms with Gasteiger partial charge < -0.3 is 9.84 Å². The molecule has 0 aromatic heterocycles. The summed E-state index contributed by atoms with van der Waals surface area (Å²) in [6.07, 6.45) is 6.90. The molecule has 1 rings (SSSR count). The summed E-state index contributed by atoms with van der Waals surface area (Å²) in [7, 11) is 1.45. The van der Waals surface area contributed by atoms with Gasteiger partial charge in [-0.05, 0) is 19.8 Å². The van der Waals surface area contributed by atoms with Crippen molar-refractivity contribution in [3.05, 3.63) is 36.6 Å². The molecule has 4 heteroatoms. The Labute approximate surface area is 114 Å². The molecule has 0 aliphatic heterocycles. The summed E-state index contributed by atoms with van der Waals surface area (Å²) >= 11 is 0. The lowest BCUT2D eigenvalue weighted by Crippen LogP contribution is -2.19. The fraction of sp³-hybridized carbons (Fsp3) is 0.467. The van der Waals surface area contributed by atoms with Gasteiger partial charge in [-0.1, -0.05) is 18.7 Å². The van der Waals surface area contributed by atoms with E-state index in [0.29, 0.717) is 23.6 Å². The first-order chi connectivity index (χ1) is 9.13. The van der Waals surface area contributed by atoms with Gasteiger partial charge in [-0.25, -0.2) is 9.98 Å². The molecule has 0 amide bonds. The zero-order chi connectivity index (χ0) is 14.3. The van der Waals surface area contributed by atoms with Crippen molar-refractivity contribution in [2.24, 2.45) is 15.9 Å². The minimum absolute atomic E-state index is 0.528. The molecule has 1 saturated carbocycles. The average Bonchev–Trinajstić information content (AvgIpc) is 3.23. The third kappa shape index (κ3) is 4.93. The molecule has 0 saturated heterocycles. The average molecular weight is 262 g/mol. The maximum Gasteiger partial charge on any atom is 0.182 e. The molecule has 1 fully saturated rings. The van der Waals surface area contributed by atoms with E-state index in [4.69, 9.17) is 4.74 Å². The third-order valence-electron chi connectivity index (χ3n) is 2.96. The molecule has 0 radical (unpaired) electrons. The van der Waals surface area contributed by atoms with Gasteiger partial charge in [0.15, 0.2) is 6.29 Å². The third-order valence-corrected chi connectivity index (χ3v) is 2.96. The van der Waals surface area contributed by atoms with Crippen LogP contribution >= 0.6 is 0 Å². The molecule has 1 atom stereocenters. The van der Waals surface area contributed by atoms with Gasteiger partial charge in [0.1, 0.15) is 6.34 Å². The van der Waals surface area contributed by atoms with Crippen molar-refractivity contribution in [1.82, 2.24) is 0 Å². The van der Waals surface area contributed by atoms with Crippen LogP contribution in [0.5, 0.6) is 0 Å². The summed E-state index contributed by atoms with van der Waals surface area (Å²) in [6.45, 7) is 9.42. The lowest BCUT2D eigenvalue weighted by molar-refractivity contribution is -0.0405. The van der Waals surface area contributed by atoms with Gasteiger partial charge in [0.05, 0.1) is 5.71 Å². The smallest absolute Gasteiger partial charge is 0.182 e. The first-order valence-electron chi connectivity index (χ1n) is 6.40. The van der Waals surface area contributed by atoms with Crippen LogP contribution in [0.15, 0.2) is 46.6 Å². The largest absolute Gasteiger partial charge is 0.364 e. The van der Waals surface area contributed by atoms with E-state index in [-0.39, 0.29) is 0 Å². The van der Waals surface area contributed by atoms with E-state index in [1.54, 1.807) is 12.2 Å². The maximum absolute atomic E-state index is 9.75. The van der Waals surface area contributed by atoms with Crippen LogP contribution < -0.4 is 0 Å². The fourth-order valence-corrected chi connectivity index (χ4v) is 1.66. The topological polar surface area (TPSA) is 54.2 Å². The number of rotatable bonds is 8. The van der Waals surface area contributed by atoms with E-state index in [2.05, 4.69) is 23.1 Å². The van der Waals surface area contributed by atoms with Crippen LogP contribution in [0.25, 0.3) is 0 Å². The highest BCUT2D eigenvalue weighted by atomic mass is 16.6. The number of aliphatic hydroxyl groups excluding tert-OH is 1. The highest BCUT2D eigenvalue weighted by molar-refractivity contribution is 6.04. The Balaban J connectivity index is 2.79. The molecule has 4 nitrogen and oxygen atoms in total. The van der Waals surface area contributed by atoms with Crippen LogP contribution in [-0.4, -0.2) is 30.6 Å². The van der Waals surface area contributed by atoms with Crippen molar-refractivity contribution in [2.45, 2.75) is 32.5 Å². The van der Waals surface area contributed by atoms with E-state index >= 15 is 0 Å². The van der Waals surface area contributed by atoms with Crippen LogP contribution in [0.2, 0.25) is 0 Å². The Morgan fingerprint density at radius 1 is 1.53 bits per heavy atom. The summed E-state index contributed by atoms with van der Waals surface area (Å²) in [6, 6.07) is 0. The summed E-state index contributed by atoms with van der Waals surface area (Å²) in [5, 5.41) is 9.75. The molecule has 1 aliphatic carbocycles. The lowest BCUT2D eigenvalue weighted by Gasteiger charge is -2.13. The van der Waals surface area contributed by atoms with Gasteiger partial charge in [-0.3, -0.25) is 0 Å². The van der Waals surface area contributed by atoms with Crippen molar-refractivity contribution >= 4 is 12.1 Å². The standard InChI is InChI=1S/C15H22N2O2/c1-5-7-14(13(6-2)15(18)19-4)17-10-16-11(3)12-8-9-12/h5-6,10,12,15,18H,1,3,7-9H2,2,4H3/b13-6+,16-10-,17-14+. The summed E-state index contributed by atoms with van der Waals surface area (Å²) in [5.41, 5.74) is 2.20. The molecule has 1 N–H and O–H groups in total. The number of methoxy groups -OCH3 is 1. The second-order valence-electron chi connectivity index (χ2n) is 4.41. The zero-order valence-corrected chi connectivity index (χ0v) is 11.7. The summed E-state index contributed by atoms with van der Waals surface area (Å²) in [4.78, 5) is 8.51. The number of hydrogen-bond donors (Lipinski definition) is 1.